The third kappa shape index (κ3) is 3.83. The van der Waals surface area contributed by atoms with Gasteiger partial charge in [-0.1, -0.05) is 39.7 Å². The number of aryl methyl sites for hydroxylation is 2. The zero-order chi connectivity index (χ0) is 14.7. The molecule has 0 saturated carbocycles. The van der Waals surface area contributed by atoms with E-state index in [1.54, 1.807) is 0 Å². The fraction of sp³-hybridized carbons (Fsp3) is 0.562. The van der Waals surface area contributed by atoms with Crippen LogP contribution in [0.5, 0.6) is 0 Å². The number of amides is 1. The Hall–Kier alpha value is -0.870. The minimum absolute atomic E-state index is 0.0984. The summed E-state index contributed by atoms with van der Waals surface area (Å²) < 4.78 is 5.77. The van der Waals surface area contributed by atoms with Crippen LogP contribution in [-0.4, -0.2) is 41.4 Å². The lowest BCUT2D eigenvalue weighted by molar-refractivity contribution is -0.142. The molecular formula is C16H22BrNO2. The van der Waals surface area contributed by atoms with Crippen molar-refractivity contribution in [1.29, 1.82) is 0 Å². The summed E-state index contributed by atoms with van der Waals surface area (Å²) in [5.74, 6) is 0.194. The van der Waals surface area contributed by atoms with Crippen LogP contribution in [0.1, 0.15) is 23.6 Å². The summed E-state index contributed by atoms with van der Waals surface area (Å²) in [6, 6.07) is 6.28. The van der Waals surface area contributed by atoms with Gasteiger partial charge >= 0.3 is 0 Å². The number of benzene rings is 1. The monoisotopic (exact) mass is 339 g/mol. The first-order valence-electron chi connectivity index (χ1n) is 7.05. The van der Waals surface area contributed by atoms with E-state index in [0.29, 0.717) is 19.5 Å². The van der Waals surface area contributed by atoms with Crippen molar-refractivity contribution in [3.05, 3.63) is 34.9 Å². The first kappa shape index (κ1) is 15.5. The molecule has 2 unspecified atom stereocenters. The second-order valence-electron chi connectivity index (χ2n) is 5.63. The van der Waals surface area contributed by atoms with Crippen molar-refractivity contribution in [3.63, 3.8) is 0 Å². The summed E-state index contributed by atoms with van der Waals surface area (Å²) in [5, 5.41) is 0.768. The van der Waals surface area contributed by atoms with E-state index in [9.17, 15) is 4.79 Å². The molecule has 1 aliphatic heterocycles. The summed E-state index contributed by atoms with van der Waals surface area (Å²) in [4.78, 5) is 14.4. The molecule has 110 valence electrons. The van der Waals surface area contributed by atoms with Crippen LogP contribution in [0.25, 0.3) is 0 Å². The SMILES string of the molecule is Cc1ccc(C)c(CC(=O)N2CC(C)OC(CBr)C2)c1. The Kier molecular flexibility index (Phi) is 5.22. The summed E-state index contributed by atoms with van der Waals surface area (Å²) in [6.45, 7) is 7.51. The highest BCUT2D eigenvalue weighted by Gasteiger charge is 2.27. The largest absolute Gasteiger partial charge is 0.371 e. The zero-order valence-electron chi connectivity index (χ0n) is 12.4. The van der Waals surface area contributed by atoms with Crippen LogP contribution < -0.4 is 0 Å². The molecule has 4 heteroatoms. The maximum Gasteiger partial charge on any atom is 0.227 e. The first-order chi connectivity index (χ1) is 9.49. The van der Waals surface area contributed by atoms with Crippen LogP contribution >= 0.6 is 15.9 Å². The predicted molar refractivity (Wildman–Crippen MR) is 84.3 cm³/mol. The zero-order valence-corrected chi connectivity index (χ0v) is 13.9. The number of ether oxygens (including phenoxy) is 1. The van der Waals surface area contributed by atoms with Gasteiger partial charge in [-0.05, 0) is 31.9 Å². The fourth-order valence-electron chi connectivity index (χ4n) is 2.60. The number of nitrogens with zero attached hydrogens (tertiary/aromatic N) is 1. The van der Waals surface area contributed by atoms with Gasteiger partial charge in [-0.15, -0.1) is 0 Å². The fourth-order valence-corrected chi connectivity index (χ4v) is 2.96. The highest BCUT2D eigenvalue weighted by Crippen LogP contribution is 2.16. The number of hydrogen-bond donors (Lipinski definition) is 0. The van der Waals surface area contributed by atoms with E-state index in [4.69, 9.17) is 4.74 Å². The van der Waals surface area contributed by atoms with Gasteiger partial charge in [0.25, 0.3) is 0 Å². The van der Waals surface area contributed by atoms with Crippen molar-refractivity contribution in [2.75, 3.05) is 18.4 Å². The molecule has 0 aliphatic carbocycles. The van der Waals surface area contributed by atoms with Gasteiger partial charge in [0.2, 0.25) is 5.91 Å². The van der Waals surface area contributed by atoms with Crippen LogP contribution in [0.3, 0.4) is 0 Å². The highest BCUT2D eigenvalue weighted by atomic mass is 79.9. The van der Waals surface area contributed by atoms with Crippen LogP contribution in [0.4, 0.5) is 0 Å². The molecule has 0 aromatic heterocycles. The van der Waals surface area contributed by atoms with Gasteiger partial charge in [0.05, 0.1) is 18.6 Å². The topological polar surface area (TPSA) is 29.5 Å². The van der Waals surface area contributed by atoms with Crippen molar-refractivity contribution in [2.45, 2.75) is 39.4 Å². The molecule has 1 fully saturated rings. The van der Waals surface area contributed by atoms with Crippen LogP contribution in [-0.2, 0) is 16.0 Å². The van der Waals surface area contributed by atoms with Gasteiger partial charge in [-0.3, -0.25) is 4.79 Å². The number of carbonyl (C=O) groups is 1. The number of halogens is 1. The van der Waals surface area contributed by atoms with E-state index in [0.717, 1.165) is 10.9 Å². The minimum Gasteiger partial charge on any atom is -0.371 e. The van der Waals surface area contributed by atoms with E-state index in [2.05, 4.69) is 48.0 Å². The van der Waals surface area contributed by atoms with Gasteiger partial charge in [0.15, 0.2) is 0 Å². The Balaban J connectivity index is 2.05. The molecule has 1 saturated heterocycles. The molecule has 1 aromatic carbocycles. The van der Waals surface area contributed by atoms with Gasteiger partial charge < -0.3 is 9.64 Å². The molecule has 1 heterocycles. The molecule has 2 atom stereocenters. The summed E-state index contributed by atoms with van der Waals surface area (Å²) >= 11 is 3.44. The molecule has 20 heavy (non-hydrogen) atoms. The van der Waals surface area contributed by atoms with Crippen molar-refractivity contribution in [3.8, 4) is 0 Å². The van der Waals surface area contributed by atoms with Crippen molar-refractivity contribution in [1.82, 2.24) is 4.90 Å². The van der Waals surface area contributed by atoms with Gasteiger partial charge in [-0.25, -0.2) is 0 Å². The molecule has 1 aliphatic rings. The number of morpholine rings is 1. The third-order valence-electron chi connectivity index (χ3n) is 3.70. The van der Waals surface area contributed by atoms with E-state index in [1.807, 2.05) is 11.8 Å². The van der Waals surface area contributed by atoms with E-state index >= 15 is 0 Å². The predicted octanol–water partition coefficient (Wildman–Crippen LogP) is 2.86. The second-order valence-corrected chi connectivity index (χ2v) is 6.28. The van der Waals surface area contributed by atoms with Gasteiger partial charge in [0.1, 0.15) is 0 Å². The lowest BCUT2D eigenvalue weighted by Gasteiger charge is -2.36. The Morgan fingerprint density at radius 3 is 2.85 bits per heavy atom. The first-order valence-corrected chi connectivity index (χ1v) is 8.17. The molecule has 3 nitrogen and oxygen atoms in total. The maximum absolute atomic E-state index is 12.5. The number of rotatable bonds is 3. The number of alkyl halides is 1. The molecular weight excluding hydrogens is 318 g/mol. The van der Waals surface area contributed by atoms with E-state index in [1.165, 1.54) is 11.1 Å². The highest BCUT2D eigenvalue weighted by molar-refractivity contribution is 9.09. The summed E-state index contributed by atoms with van der Waals surface area (Å²) in [7, 11) is 0. The molecule has 1 amide bonds. The quantitative estimate of drug-likeness (QED) is 0.792. The molecule has 2 rings (SSSR count). The average molecular weight is 340 g/mol. The van der Waals surface area contributed by atoms with Crippen LogP contribution in [0, 0.1) is 13.8 Å². The van der Waals surface area contributed by atoms with Crippen LogP contribution in [0.2, 0.25) is 0 Å². The molecule has 1 aromatic rings. The number of carbonyl (C=O) groups excluding carboxylic acids is 1. The summed E-state index contributed by atoms with van der Waals surface area (Å²) in [5.41, 5.74) is 3.51. The standard InChI is InChI=1S/C16H22BrNO2/c1-11-4-5-12(2)14(6-11)7-16(19)18-9-13(3)20-15(8-17)10-18/h4-6,13,15H,7-10H2,1-3H3. The van der Waals surface area contributed by atoms with Crippen LogP contribution in [0.15, 0.2) is 18.2 Å². The van der Waals surface area contributed by atoms with Crippen molar-refractivity contribution in [2.24, 2.45) is 0 Å². The number of hydrogen-bond acceptors (Lipinski definition) is 2. The average Bonchev–Trinajstić information content (AvgIpc) is 2.42. The van der Waals surface area contributed by atoms with Gasteiger partial charge in [-0.2, -0.15) is 0 Å². The maximum atomic E-state index is 12.5. The van der Waals surface area contributed by atoms with E-state index < -0.39 is 0 Å². The smallest absolute Gasteiger partial charge is 0.227 e. The molecule has 0 bridgehead atoms. The Morgan fingerprint density at radius 2 is 2.15 bits per heavy atom. The molecule has 0 spiro atoms. The van der Waals surface area contributed by atoms with E-state index in [-0.39, 0.29) is 18.1 Å². The molecule has 0 radical (unpaired) electrons. The summed E-state index contributed by atoms with van der Waals surface area (Å²) in [6.07, 6.45) is 0.685. The Bertz CT molecular complexity index is 489. The van der Waals surface area contributed by atoms with Crippen molar-refractivity contribution < 1.29 is 9.53 Å². The lowest BCUT2D eigenvalue weighted by atomic mass is 10.0. The van der Waals surface area contributed by atoms with Crippen molar-refractivity contribution >= 4 is 21.8 Å². The Labute approximate surface area is 129 Å². The third-order valence-corrected chi connectivity index (χ3v) is 4.42. The minimum atomic E-state index is 0.0984. The Morgan fingerprint density at radius 1 is 1.40 bits per heavy atom. The lowest BCUT2D eigenvalue weighted by Crippen LogP contribution is -2.50. The normalized spacial score (nSPS) is 22.9. The second kappa shape index (κ2) is 6.72. The van der Waals surface area contributed by atoms with Gasteiger partial charge in [0, 0.05) is 18.4 Å². The molecule has 0 N–H and O–H groups in total.